The molecule has 3 aromatic rings. The number of rotatable bonds is 3. The van der Waals surface area contributed by atoms with Crippen LogP contribution in [-0.4, -0.2) is 29.1 Å². The second-order valence-electron chi connectivity index (χ2n) is 4.67. The number of H-pyrrole nitrogens is 1. The summed E-state index contributed by atoms with van der Waals surface area (Å²) in [6, 6.07) is 11.6. The molecule has 0 aliphatic rings. The van der Waals surface area contributed by atoms with Crippen molar-refractivity contribution in [2.45, 2.75) is 0 Å². The number of fused-ring (bicyclic) bond motifs is 1. The van der Waals surface area contributed by atoms with Crippen molar-refractivity contribution < 1.29 is 14.3 Å². The van der Waals surface area contributed by atoms with Crippen molar-refractivity contribution in [1.29, 1.82) is 0 Å². The third kappa shape index (κ3) is 2.67. The highest BCUT2D eigenvalue weighted by atomic mass is 16.5. The van der Waals surface area contributed by atoms with Crippen LogP contribution in [0.15, 0.2) is 48.7 Å². The molecule has 0 atom stereocenters. The first-order chi connectivity index (χ1) is 10.7. The van der Waals surface area contributed by atoms with Crippen LogP contribution in [0.1, 0.15) is 20.7 Å². The van der Waals surface area contributed by atoms with Crippen molar-refractivity contribution in [1.82, 2.24) is 15.5 Å². The first-order valence-corrected chi connectivity index (χ1v) is 6.65. The van der Waals surface area contributed by atoms with Crippen molar-refractivity contribution in [2.24, 2.45) is 0 Å². The zero-order valence-electron chi connectivity index (χ0n) is 11.8. The van der Waals surface area contributed by atoms with Crippen LogP contribution < -0.4 is 10.1 Å². The highest BCUT2D eigenvalue weighted by molar-refractivity contribution is 5.98. The molecule has 1 amide bonds. The van der Waals surface area contributed by atoms with E-state index < -0.39 is 5.97 Å². The lowest BCUT2D eigenvalue weighted by atomic mass is 10.1. The van der Waals surface area contributed by atoms with E-state index in [4.69, 9.17) is 4.74 Å². The first-order valence-electron chi connectivity index (χ1n) is 6.65. The Morgan fingerprint density at radius 1 is 1.14 bits per heavy atom. The molecule has 0 fully saturated rings. The Morgan fingerprint density at radius 2 is 1.95 bits per heavy atom. The third-order valence-electron chi connectivity index (χ3n) is 3.21. The molecule has 3 rings (SSSR count). The van der Waals surface area contributed by atoms with E-state index in [9.17, 15) is 9.59 Å². The standard InChI is InChI=1S/C16H13N3O3/c1-17-15(20)10-3-2-4-11(7-10)16(21)22-13-6-5-12-9-18-19-14(12)8-13/h2-9H,1H3,(H,17,20)(H,18,19). The molecule has 0 unspecified atom stereocenters. The SMILES string of the molecule is CNC(=O)c1cccc(C(=O)Oc2ccc3cn[nH]c3c2)c1. The maximum absolute atomic E-state index is 12.2. The highest BCUT2D eigenvalue weighted by Gasteiger charge is 2.12. The van der Waals surface area contributed by atoms with E-state index in [1.54, 1.807) is 36.5 Å². The number of benzene rings is 2. The number of esters is 1. The van der Waals surface area contributed by atoms with E-state index in [0.717, 1.165) is 10.9 Å². The van der Waals surface area contributed by atoms with Crippen LogP contribution in [0.2, 0.25) is 0 Å². The van der Waals surface area contributed by atoms with Gasteiger partial charge in [-0.3, -0.25) is 9.89 Å². The molecule has 6 nitrogen and oxygen atoms in total. The van der Waals surface area contributed by atoms with Gasteiger partial charge in [-0.25, -0.2) is 4.79 Å². The predicted molar refractivity (Wildman–Crippen MR) is 80.9 cm³/mol. The van der Waals surface area contributed by atoms with Gasteiger partial charge in [0.15, 0.2) is 0 Å². The average molecular weight is 295 g/mol. The fourth-order valence-corrected chi connectivity index (χ4v) is 2.08. The lowest BCUT2D eigenvalue weighted by Gasteiger charge is -2.06. The molecule has 1 heterocycles. The highest BCUT2D eigenvalue weighted by Crippen LogP contribution is 2.19. The monoisotopic (exact) mass is 295 g/mol. The van der Waals surface area contributed by atoms with Crippen molar-refractivity contribution in [3.8, 4) is 5.75 Å². The maximum Gasteiger partial charge on any atom is 0.343 e. The molecular weight excluding hydrogens is 282 g/mol. The van der Waals surface area contributed by atoms with Gasteiger partial charge in [-0.2, -0.15) is 5.10 Å². The van der Waals surface area contributed by atoms with E-state index in [1.165, 1.54) is 13.1 Å². The summed E-state index contributed by atoms with van der Waals surface area (Å²) in [5, 5.41) is 10.2. The zero-order valence-corrected chi connectivity index (χ0v) is 11.8. The van der Waals surface area contributed by atoms with Gasteiger partial charge < -0.3 is 10.1 Å². The number of aromatic nitrogens is 2. The van der Waals surface area contributed by atoms with Gasteiger partial charge in [-0.05, 0) is 30.3 Å². The Kier molecular flexibility index (Phi) is 3.57. The van der Waals surface area contributed by atoms with Gasteiger partial charge in [-0.15, -0.1) is 0 Å². The van der Waals surface area contributed by atoms with Gasteiger partial charge >= 0.3 is 5.97 Å². The zero-order chi connectivity index (χ0) is 15.5. The van der Waals surface area contributed by atoms with Gasteiger partial charge in [0.2, 0.25) is 0 Å². The first kappa shape index (κ1) is 13.8. The number of ether oxygens (including phenoxy) is 1. The van der Waals surface area contributed by atoms with Crippen LogP contribution in [-0.2, 0) is 0 Å². The van der Waals surface area contributed by atoms with E-state index in [-0.39, 0.29) is 5.91 Å². The molecule has 1 aromatic heterocycles. The molecule has 0 bridgehead atoms. The van der Waals surface area contributed by atoms with E-state index >= 15 is 0 Å². The second-order valence-corrected chi connectivity index (χ2v) is 4.67. The molecule has 2 aromatic carbocycles. The fraction of sp³-hybridized carbons (Fsp3) is 0.0625. The van der Waals surface area contributed by atoms with Crippen molar-refractivity contribution in [3.63, 3.8) is 0 Å². The lowest BCUT2D eigenvalue weighted by molar-refractivity contribution is 0.0735. The maximum atomic E-state index is 12.2. The van der Waals surface area contributed by atoms with Crippen LogP contribution >= 0.6 is 0 Å². The van der Waals surface area contributed by atoms with Crippen LogP contribution in [0.5, 0.6) is 5.75 Å². The summed E-state index contributed by atoms with van der Waals surface area (Å²) in [5.41, 5.74) is 1.50. The number of carbonyl (C=O) groups is 2. The Bertz CT molecular complexity index is 854. The topological polar surface area (TPSA) is 84.1 Å². The summed E-state index contributed by atoms with van der Waals surface area (Å²) in [6.07, 6.45) is 1.69. The second kappa shape index (κ2) is 5.69. The Labute approximate surface area is 126 Å². The molecule has 0 aliphatic heterocycles. The van der Waals surface area contributed by atoms with E-state index in [1.807, 2.05) is 6.07 Å². The Balaban J connectivity index is 1.83. The summed E-state index contributed by atoms with van der Waals surface area (Å²) in [6.45, 7) is 0. The molecule has 22 heavy (non-hydrogen) atoms. The third-order valence-corrected chi connectivity index (χ3v) is 3.21. The van der Waals surface area contributed by atoms with Gasteiger partial charge in [0, 0.05) is 24.1 Å². The van der Waals surface area contributed by atoms with Gasteiger partial charge in [0.05, 0.1) is 17.3 Å². The molecule has 110 valence electrons. The summed E-state index contributed by atoms with van der Waals surface area (Å²) < 4.78 is 5.33. The average Bonchev–Trinajstić information content (AvgIpc) is 3.02. The van der Waals surface area contributed by atoms with Crippen LogP contribution in [0.3, 0.4) is 0 Å². The van der Waals surface area contributed by atoms with Crippen molar-refractivity contribution in [3.05, 3.63) is 59.8 Å². The number of nitrogens with zero attached hydrogens (tertiary/aromatic N) is 1. The smallest absolute Gasteiger partial charge is 0.343 e. The molecule has 0 saturated carbocycles. The van der Waals surface area contributed by atoms with Crippen molar-refractivity contribution >= 4 is 22.8 Å². The predicted octanol–water partition coefficient (Wildman–Crippen LogP) is 2.14. The summed E-state index contributed by atoms with van der Waals surface area (Å²) >= 11 is 0. The normalized spacial score (nSPS) is 10.4. The minimum absolute atomic E-state index is 0.256. The summed E-state index contributed by atoms with van der Waals surface area (Å²) in [7, 11) is 1.53. The number of aromatic amines is 1. The molecule has 0 radical (unpaired) electrons. The van der Waals surface area contributed by atoms with Gasteiger partial charge in [0.25, 0.3) is 5.91 Å². The molecule has 0 aliphatic carbocycles. The van der Waals surface area contributed by atoms with Crippen LogP contribution in [0.25, 0.3) is 10.9 Å². The quantitative estimate of drug-likeness (QED) is 0.573. The number of hydrogen-bond acceptors (Lipinski definition) is 4. The molecule has 0 spiro atoms. The van der Waals surface area contributed by atoms with Crippen molar-refractivity contribution in [2.75, 3.05) is 7.05 Å². The number of carbonyl (C=O) groups excluding carboxylic acids is 2. The number of nitrogens with one attached hydrogen (secondary N) is 2. The molecule has 0 saturated heterocycles. The van der Waals surface area contributed by atoms with Gasteiger partial charge in [0.1, 0.15) is 5.75 Å². The van der Waals surface area contributed by atoms with Crippen LogP contribution in [0.4, 0.5) is 0 Å². The Hall–Kier alpha value is -3.15. The largest absolute Gasteiger partial charge is 0.423 e. The van der Waals surface area contributed by atoms with Crippen LogP contribution in [0, 0.1) is 0 Å². The number of hydrogen-bond donors (Lipinski definition) is 2. The number of amides is 1. The molecular formula is C16H13N3O3. The minimum atomic E-state index is -0.524. The molecule has 2 N–H and O–H groups in total. The van der Waals surface area contributed by atoms with E-state index in [2.05, 4.69) is 15.5 Å². The lowest BCUT2D eigenvalue weighted by Crippen LogP contribution is -2.18. The Morgan fingerprint density at radius 3 is 2.77 bits per heavy atom. The fourth-order valence-electron chi connectivity index (χ4n) is 2.08. The van der Waals surface area contributed by atoms with Gasteiger partial charge in [-0.1, -0.05) is 6.07 Å². The summed E-state index contributed by atoms with van der Waals surface area (Å²) in [4.78, 5) is 23.8. The minimum Gasteiger partial charge on any atom is -0.423 e. The summed E-state index contributed by atoms with van der Waals surface area (Å²) in [5.74, 6) is -0.370. The molecule has 6 heteroatoms. The van der Waals surface area contributed by atoms with E-state index in [0.29, 0.717) is 16.9 Å².